The van der Waals surface area contributed by atoms with Crippen LogP contribution in [-0.4, -0.2) is 121 Å². The topological polar surface area (TPSA) is 549 Å². The molecule has 768 valence electrons. The molecule has 12 heterocycles. The molecule has 0 spiro atoms. The minimum Gasteiger partial charge on any atom is -0.211 e. The Labute approximate surface area is 889 Å². The number of pyridine rings is 12. The Morgan fingerprint density at radius 3 is 0.227 bits per heavy atom. The van der Waals surface area contributed by atoms with Crippen molar-refractivity contribution < 1.29 is 135 Å². The van der Waals surface area contributed by atoms with Gasteiger partial charge in [-0.25, -0.2) is 59.8 Å². The Kier molecular flexibility index (Phi) is 55.4. The Bertz CT molecular complexity index is 5950. The minimum absolute atomic E-state index is 1.19. The summed E-state index contributed by atoms with van der Waals surface area (Å²) >= 11 is -38.1. The Morgan fingerprint density at radius 1 is 0.113 bits per heavy atom. The first kappa shape index (κ1) is 123. The SMILES string of the molecule is [O]=[Sb]([O-])([O-])[F].[O]=[Sb]([O-])([O-])[F].[O]=[Sb]([O-])([O-])[F].[O]=[Sb]([O-])([O-])[F].[O]=[Sb]([O-])([O-])[F].[O]=[Sb]([O-])([O-])[F].c1ccc2[nH+]cccc2c1.c1ccc2[nH+]cccc2c1.c1ccc2[nH+]cccc2c1.c1ccc2[nH+]cccc2c1.c1ccc2[nH+]cccc2c1.c1ccc2[nH+]cccc2c1.c1ccc2[nH+]cccc2c1.c1ccc2[nH+]cccc2c1.c1ccc2[nH+]cccc2c1.c1ccc2[nH+]cccc2c1.c1ccc2[nH+]cccc2c1.c1ccc2[nH+]cccc2c1. The Morgan fingerprint density at radius 2 is 0.167 bits per heavy atom. The molecule has 12 N–H and O–H groups in total. The van der Waals surface area contributed by atoms with Crippen LogP contribution >= 0.6 is 0 Å². The molecule has 0 radical (unpaired) electrons. The summed E-state index contributed by atoms with van der Waals surface area (Å²) in [5, 5.41) is 15.1. The normalized spacial score (nSPS) is 10.4. The first-order valence-corrected chi connectivity index (χ1v) is 68.7. The number of rotatable bonds is 0. The molecule has 0 amide bonds. The number of fused-ring (bicyclic) bond motifs is 12. The van der Waals surface area contributed by atoms with Crippen molar-refractivity contribution in [3.05, 3.63) is 511 Å². The van der Waals surface area contributed by atoms with Crippen LogP contribution in [0.3, 0.4) is 0 Å². The first-order chi connectivity index (χ1) is 71.6. The van der Waals surface area contributed by atoms with Gasteiger partial charge in [0.05, 0.1) is 0 Å². The summed E-state index contributed by atoms with van der Waals surface area (Å²) in [5.74, 6) is 0. The van der Waals surface area contributed by atoms with Crippen molar-refractivity contribution in [2.45, 2.75) is 0 Å². The van der Waals surface area contributed by atoms with E-state index in [4.69, 9.17) is 58.7 Å². The van der Waals surface area contributed by atoms with E-state index in [1.807, 2.05) is 293 Å². The predicted octanol–water partition coefficient (Wildman–Crippen LogP) is 5.10. The number of H-pyrrole nitrogens is 12. The van der Waals surface area contributed by atoms with E-state index in [0.29, 0.717) is 0 Å². The van der Waals surface area contributed by atoms with Gasteiger partial charge in [0.2, 0.25) is 66.2 Å². The molecule has 0 saturated carbocycles. The minimum atomic E-state index is -6.35. The van der Waals surface area contributed by atoms with E-state index in [9.17, 15) is 16.9 Å². The molecule has 0 aliphatic rings. The summed E-state index contributed by atoms with van der Waals surface area (Å²) in [6.07, 6.45) is 23.2. The van der Waals surface area contributed by atoms with E-state index in [2.05, 4.69) is 278 Å². The zero-order valence-corrected chi connectivity index (χ0v) is 94.1. The van der Waals surface area contributed by atoms with Crippen molar-refractivity contribution in [3.63, 3.8) is 0 Å². The molecule has 30 nitrogen and oxygen atoms in total. The Hall–Kier alpha value is -13.6. The number of aromatic nitrogens is 12. The number of aromatic amines is 12. The quantitative estimate of drug-likeness (QED) is 0.141. The molecule has 12 aromatic carbocycles. The zero-order valence-electron chi connectivity index (χ0n) is 78.8. The smallest absolute Gasteiger partial charge is 0.210 e. The molecule has 0 saturated heterocycles. The standard InChI is InChI=1S/12C9H7N.6FH.18O.6Sb/c12*1-2-6-9-8(4-1)5-3-7-10-9;;;;;;;;;;;;;;;;;;;;;;;;;;;;;;/h12*1-7H;6*1H;;;;;;;;;;;;;;;;;;;;;;;;/q;;;;;;;;;;;;;;;;;;;;;;;;12*-1;6*+1/p+6. The van der Waals surface area contributed by atoms with E-state index >= 15 is 0 Å². The van der Waals surface area contributed by atoms with Gasteiger partial charge in [-0.15, -0.1) is 0 Å². The van der Waals surface area contributed by atoms with Gasteiger partial charge in [-0.05, 0) is 146 Å². The van der Waals surface area contributed by atoms with E-state index in [0.717, 1.165) is 0 Å². The van der Waals surface area contributed by atoms with E-state index in [1.165, 1.54) is 131 Å². The van der Waals surface area contributed by atoms with E-state index in [1.54, 1.807) is 0 Å². The number of benzene rings is 12. The molecule has 42 heteroatoms. The maximum Gasteiger partial charge on any atom is 0.210 e. The van der Waals surface area contributed by atoms with Gasteiger partial charge < -0.3 is 0 Å². The van der Waals surface area contributed by atoms with E-state index < -0.39 is 121 Å². The molecule has 24 aromatic rings. The summed E-state index contributed by atoms with van der Waals surface area (Å²) < 4.78 is 215. The largest absolute Gasteiger partial charge is 0.211 e. The molecule has 12 aromatic heterocycles. The maximum absolute atomic E-state index is 10.2. The molecule has 24 rings (SSSR count). The van der Waals surface area contributed by atoms with Gasteiger partial charge in [-0.2, -0.15) is 0 Å². The third kappa shape index (κ3) is 58.4. The van der Waals surface area contributed by atoms with Crippen LogP contribution in [0.2, 0.25) is 0 Å². The van der Waals surface area contributed by atoms with Gasteiger partial charge >= 0.3 is 197 Å². The molecule has 0 bridgehead atoms. The number of hydrogen-bond acceptors (Lipinski definition) is 18. The third-order valence-electron chi connectivity index (χ3n) is 18.9. The van der Waals surface area contributed by atoms with Crippen LogP contribution in [0, 0.1) is 0 Å². The van der Waals surface area contributed by atoms with Crippen molar-refractivity contribution in [2.24, 2.45) is 0 Å². The van der Waals surface area contributed by atoms with Crippen LogP contribution in [0.5, 0.6) is 0 Å². The number of hydrogen-bond donors (Lipinski definition) is 0. The molecule has 0 aliphatic heterocycles. The average Bonchev–Trinajstić information content (AvgIpc) is 0.935. The van der Waals surface area contributed by atoms with Gasteiger partial charge in [0.15, 0.2) is 74.4 Å². The molecule has 0 unspecified atom stereocenters. The van der Waals surface area contributed by atoms with Crippen molar-refractivity contribution in [1.29, 1.82) is 0 Å². The molecule has 0 atom stereocenters. The second kappa shape index (κ2) is 67.4. The molecule has 0 fully saturated rings. The Balaban J connectivity index is 0.000000216. The summed E-state index contributed by atoms with van der Waals surface area (Å²) in [4.78, 5) is 37.8. The van der Waals surface area contributed by atoms with Crippen molar-refractivity contribution in [2.75, 3.05) is 0 Å². The monoisotopic (exact) mass is 2690 g/mol. The van der Waals surface area contributed by atoms with Crippen molar-refractivity contribution in [1.82, 2.24) is 0 Å². The van der Waals surface area contributed by atoms with Gasteiger partial charge in [0.25, 0.3) is 0 Å². The average molecular weight is 2690 g/mol. The zero-order chi connectivity index (χ0) is 109. The fourth-order valence-corrected chi connectivity index (χ4v) is 12.8. The summed E-state index contributed by atoms with van der Waals surface area (Å²) in [6.45, 7) is 0. The van der Waals surface area contributed by atoms with Crippen molar-refractivity contribution >= 4 is 252 Å². The van der Waals surface area contributed by atoms with Crippen LogP contribution in [0.1, 0.15) is 0 Å². The van der Waals surface area contributed by atoms with Gasteiger partial charge in [0, 0.05) is 210 Å². The maximum atomic E-state index is 10.2. The summed E-state index contributed by atoms with van der Waals surface area (Å²) in [6, 6.07) is 148. The number of halogens is 6. The van der Waals surface area contributed by atoms with Gasteiger partial charge in [-0.3, -0.25) is 0 Å². The third-order valence-corrected chi connectivity index (χ3v) is 18.9. The summed E-state index contributed by atoms with van der Waals surface area (Å²) in [7, 11) is 0. The van der Waals surface area contributed by atoms with Crippen LogP contribution in [-0.2, 0) is 18.1 Å². The second-order valence-electron chi connectivity index (χ2n) is 29.7. The van der Waals surface area contributed by atoms with Crippen LogP contribution < -0.4 is 100 Å². The first-order valence-electron chi connectivity index (χ1n) is 44.2. The van der Waals surface area contributed by atoms with Gasteiger partial charge in [0.1, 0.15) is 0 Å². The molecule has 0 aliphatic carbocycles. The summed E-state index contributed by atoms with van der Waals surface area (Å²) in [5.41, 5.74) is 14.2. The predicted molar refractivity (Wildman–Crippen MR) is 531 cm³/mol. The number of para-hydroxylation sites is 12. The second-order valence-corrected chi connectivity index (χ2v) is 44.4. The number of nitrogens with one attached hydrogen (secondary N) is 12. The molecular formula is C108H96F6N12O18Sb6. The van der Waals surface area contributed by atoms with Gasteiger partial charge in [-0.1, -0.05) is 146 Å². The fourth-order valence-electron chi connectivity index (χ4n) is 12.8. The fraction of sp³-hybridized carbons (Fsp3) is 0. The van der Waals surface area contributed by atoms with Crippen molar-refractivity contribution in [3.8, 4) is 0 Å². The van der Waals surface area contributed by atoms with E-state index in [-0.39, 0.29) is 0 Å². The van der Waals surface area contributed by atoms with Crippen LogP contribution in [0.4, 0.5) is 16.9 Å². The molecular weight excluding hydrogens is 2600 g/mol. The van der Waals surface area contributed by atoms with Crippen LogP contribution in [0.25, 0.3) is 131 Å². The van der Waals surface area contributed by atoms with Crippen LogP contribution in [0.15, 0.2) is 511 Å². The molecule has 150 heavy (non-hydrogen) atoms.